The van der Waals surface area contributed by atoms with Crippen molar-refractivity contribution >= 4 is 17.8 Å². The van der Waals surface area contributed by atoms with Crippen LogP contribution in [0.4, 0.5) is 10.5 Å². The quantitative estimate of drug-likeness (QED) is 0.358. The Morgan fingerprint density at radius 1 is 1.40 bits per heavy atom. The second kappa shape index (κ2) is 6.00. The molecule has 8 nitrogen and oxygen atoms in total. The number of hydrogen-bond acceptors (Lipinski definition) is 7. The normalized spacial score (nSPS) is 17.4. The largest absolute Gasteiger partial charge is 0.513 e. The Morgan fingerprint density at radius 2 is 2.10 bits per heavy atom. The molecule has 1 aliphatic heterocycles. The van der Waals surface area contributed by atoms with Crippen LogP contribution in [-0.2, 0) is 14.3 Å². The first kappa shape index (κ1) is 13.8. The summed E-state index contributed by atoms with van der Waals surface area (Å²) in [6, 6.07) is 4.99. The highest BCUT2D eigenvalue weighted by molar-refractivity contribution is 5.71. The van der Waals surface area contributed by atoms with Gasteiger partial charge in [0.2, 0.25) is 0 Å². The van der Waals surface area contributed by atoms with Gasteiger partial charge in [-0.2, -0.15) is 0 Å². The van der Waals surface area contributed by atoms with E-state index in [4.69, 9.17) is 14.2 Å². The molecule has 1 fully saturated rings. The first-order chi connectivity index (χ1) is 9.54. The summed E-state index contributed by atoms with van der Waals surface area (Å²) in [4.78, 5) is 32.1. The molecule has 106 valence electrons. The van der Waals surface area contributed by atoms with Gasteiger partial charge < -0.3 is 14.2 Å². The van der Waals surface area contributed by atoms with E-state index < -0.39 is 17.2 Å². The standard InChI is InChI=1S/C12H11NO7/c14-11-6-5-10(19-11)7-18-12(15)20-9-3-1-8(2-4-9)13(16)17/h1-4,10H,5-7H2. The molecule has 20 heavy (non-hydrogen) atoms. The number of nitrogens with zero attached hydrogens (tertiary/aromatic N) is 1. The van der Waals surface area contributed by atoms with Gasteiger partial charge in [-0.3, -0.25) is 14.9 Å². The number of benzene rings is 1. The van der Waals surface area contributed by atoms with E-state index in [9.17, 15) is 19.7 Å². The monoisotopic (exact) mass is 281 g/mol. The molecule has 0 aliphatic carbocycles. The van der Waals surface area contributed by atoms with Crippen LogP contribution in [0.15, 0.2) is 24.3 Å². The number of rotatable bonds is 4. The van der Waals surface area contributed by atoms with Crippen LogP contribution in [-0.4, -0.2) is 29.8 Å². The summed E-state index contributed by atoms with van der Waals surface area (Å²) >= 11 is 0. The maximum atomic E-state index is 11.4. The summed E-state index contributed by atoms with van der Waals surface area (Å²) in [6.45, 7) is -0.0719. The minimum atomic E-state index is -0.957. The SMILES string of the molecule is O=C1CCC(COC(=O)Oc2ccc([N+](=O)[O-])cc2)O1. The average molecular weight is 281 g/mol. The van der Waals surface area contributed by atoms with Gasteiger partial charge in [0.05, 0.1) is 4.92 Å². The molecule has 1 aliphatic rings. The number of carbonyl (C=O) groups is 2. The fourth-order valence-corrected chi connectivity index (χ4v) is 1.62. The predicted octanol–water partition coefficient (Wildman–Crippen LogP) is 1.82. The Labute approximate surface area is 113 Å². The molecule has 1 unspecified atom stereocenters. The molecule has 0 N–H and O–H groups in total. The van der Waals surface area contributed by atoms with Gasteiger partial charge in [0.25, 0.3) is 5.69 Å². The molecular formula is C12H11NO7. The van der Waals surface area contributed by atoms with Crippen molar-refractivity contribution in [1.82, 2.24) is 0 Å². The molecule has 0 aromatic heterocycles. The molecule has 1 aromatic carbocycles. The number of nitro benzene ring substituents is 1. The number of carbonyl (C=O) groups excluding carboxylic acids is 2. The van der Waals surface area contributed by atoms with Gasteiger partial charge in [0, 0.05) is 18.6 Å². The highest BCUT2D eigenvalue weighted by atomic mass is 16.7. The Hall–Kier alpha value is -2.64. The molecular weight excluding hydrogens is 270 g/mol. The van der Waals surface area contributed by atoms with E-state index in [2.05, 4.69) is 0 Å². The minimum absolute atomic E-state index is 0.0719. The molecule has 0 amide bonds. The molecule has 0 radical (unpaired) electrons. The summed E-state index contributed by atoms with van der Waals surface area (Å²) in [6.07, 6.45) is -0.580. The lowest BCUT2D eigenvalue weighted by Crippen LogP contribution is -2.20. The van der Waals surface area contributed by atoms with E-state index in [1.165, 1.54) is 24.3 Å². The van der Waals surface area contributed by atoms with Crippen molar-refractivity contribution in [2.24, 2.45) is 0 Å². The number of esters is 1. The zero-order valence-electron chi connectivity index (χ0n) is 10.3. The molecule has 0 saturated carbocycles. The van der Waals surface area contributed by atoms with Gasteiger partial charge in [-0.15, -0.1) is 0 Å². The maximum absolute atomic E-state index is 11.4. The van der Waals surface area contributed by atoms with E-state index in [-0.39, 0.29) is 24.0 Å². The summed E-state index contributed by atoms with van der Waals surface area (Å²) in [5, 5.41) is 10.4. The second-order valence-electron chi connectivity index (χ2n) is 4.06. The lowest BCUT2D eigenvalue weighted by molar-refractivity contribution is -0.384. The Kier molecular flexibility index (Phi) is 4.14. The lowest BCUT2D eigenvalue weighted by Gasteiger charge is -2.09. The van der Waals surface area contributed by atoms with E-state index in [1.807, 2.05) is 0 Å². The summed E-state index contributed by atoms with van der Waals surface area (Å²) < 4.78 is 14.5. The van der Waals surface area contributed by atoms with Crippen molar-refractivity contribution in [1.29, 1.82) is 0 Å². The highest BCUT2D eigenvalue weighted by Gasteiger charge is 2.24. The number of nitro groups is 1. The van der Waals surface area contributed by atoms with Crippen LogP contribution in [0.1, 0.15) is 12.8 Å². The molecule has 1 heterocycles. The first-order valence-corrected chi connectivity index (χ1v) is 5.83. The van der Waals surface area contributed by atoms with Crippen molar-refractivity contribution in [3.8, 4) is 5.75 Å². The molecule has 2 rings (SSSR count). The van der Waals surface area contributed by atoms with E-state index in [1.54, 1.807) is 0 Å². The van der Waals surface area contributed by atoms with Crippen LogP contribution in [0.25, 0.3) is 0 Å². The Morgan fingerprint density at radius 3 is 2.65 bits per heavy atom. The van der Waals surface area contributed by atoms with E-state index >= 15 is 0 Å². The van der Waals surface area contributed by atoms with Crippen molar-refractivity contribution in [2.75, 3.05) is 6.61 Å². The third kappa shape index (κ3) is 3.67. The van der Waals surface area contributed by atoms with Gasteiger partial charge in [-0.1, -0.05) is 0 Å². The number of non-ortho nitro benzene ring substituents is 1. The van der Waals surface area contributed by atoms with Crippen molar-refractivity contribution < 1.29 is 28.7 Å². The van der Waals surface area contributed by atoms with Gasteiger partial charge in [-0.25, -0.2) is 4.79 Å². The van der Waals surface area contributed by atoms with Gasteiger partial charge in [-0.05, 0) is 18.6 Å². The van der Waals surface area contributed by atoms with E-state index in [0.29, 0.717) is 12.8 Å². The molecule has 0 spiro atoms. The lowest BCUT2D eigenvalue weighted by atomic mass is 10.2. The summed E-state index contributed by atoms with van der Waals surface area (Å²) in [7, 11) is 0. The molecule has 1 saturated heterocycles. The fraction of sp³-hybridized carbons (Fsp3) is 0.333. The smallest absolute Gasteiger partial charge is 0.459 e. The third-order valence-electron chi connectivity index (χ3n) is 2.60. The Balaban J connectivity index is 1.79. The third-order valence-corrected chi connectivity index (χ3v) is 2.60. The molecule has 1 aromatic rings. The highest BCUT2D eigenvalue weighted by Crippen LogP contribution is 2.18. The minimum Gasteiger partial charge on any atom is -0.459 e. The van der Waals surface area contributed by atoms with Crippen molar-refractivity contribution in [3.05, 3.63) is 34.4 Å². The topological polar surface area (TPSA) is 105 Å². The van der Waals surface area contributed by atoms with Crippen LogP contribution in [0, 0.1) is 10.1 Å². The maximum Gasteiger partial charge on any atom is 0.513 e. The average Bonchev–Trinajstić information content (AvgIpc) is 2.83. The van der Waals surface area contributed by atoms with Crippen LogP contribution in [0.2, 0.25) is 0 Å². The fourth-order valence-electron chi connectivity index (χ4n) is 1.62. The van der Waals surface area contributed by atoms with Crippen LogP contribution in [0.3, 0.4) is 0 Å². The summed E-state index contributed by atoms with van der Waals surface area (Å²) in [5.74, 6) is -0.189. The predicted molar refractivity (Wildman–Crippen MR) is 64.2 cm³/mol. The summed E-state index contributed by atoms with van der Waals surface area (Å²) in [5.41, 5.74) is -0.108. The van der Waals surface area contributed by atoms with Crippen LogP contribution >= 0.6 is 0 Å². The molecule has 0 bridgehead atoms. The Bertz CT molecular complexity index is 525. The number of hydrogen-bond donors (Lipinski definition) is 0. The number of cyclic esters (lactones) is 1. The van der Waals surface area contributed by atoms with Gasteiger partial charge in [0.1, 0.15) is 18.5 Å². The van der Waals surface area contributed by atoms with E-state index in [0.717, 1.165) is 0 Å². The second-order valence-corrected chi connectivity index (χ2v) is 4.06. The zero-order chi connectivity index (χ0) is 14.5. The number of ether oxygens (including phenoxy) is 3. The van der Waals surface area contributed by atoms with Crippen molar-refractivity contribution in [2.45, 2.75) is 18.9 Å². The van der Waals surface area contributed by atoms with Crippen molar-refractivity contribution in [3.63, 3.8) is 0 Å². The van der Waals surface area contributed by atoms with Gasteiger partial charge in [0.15, 0.2) is 0 Å². The van der Waals surface area contributed by atoms with Crippen LogP contribution < -0.4 is 4.74 Å². The van der Waals surface area contributed by atoms with Crippen LogP contribution in [0.5, 0.6) is 5.75 Å². The first-order valence-electron chi connectivity index (χ1n) is 5.83. The molecule has 1 atom stereocenters. The van der Waals surface area contributed by atoms with Gasteiger partial charge >= 0.3 is 12.1 Å². The molecule has 8 heteroatoms. The zero-order valence-corrected chi connectivity index (χ0v) is 10.3.